The van der Waals surface area contributed by atoms with E-state index in [9.17, 15) is 4.79 Å². The molecule has 0 aliphatic rings. The van der Waals surface area contributed by atoms with E-state index in [2.05, 4.69) is 10.3 Å². The van der Waals surface area contributed by atoms with Crippen molar-refractivity contribution in [3.05, 3.63) is 57.4 Å². The second-order valence-electron chi connectivity index (χ2n) is 3.62. The van der Waals surface area contributed by atoms with Crippen LogP contribution in [0.5, 0.6) is 0 Å². The number of aromatic nitrogens is 1. The fourth-order valence-electron chi connectivity index (χ4n) is 1.42. The van der Waals surface area contributed by atoms with E-state index in [0.29, 0.717) is 17.5 Å². The van der Waals surface area contributed by atoms with Gasteiger partial charge in [0.05, 0.1) is 0 Å². The molecule has 0 aromatic carbocycles. The summed E-state index contributed by atoms with van der Waals surface area (Å²) < 4.78 is 4.86. The van der Waals surface area contributed by atoms with E-state index in [0.717, 1.165) is 11.3 Å². The Labute approximate surface area is 103 Å². The van der Waals surface area contributed by atoms with Gasteiger partial charge < -0.3 is 9.73 Å². The Hall–Kier alpha value is -1.81. The molecule has 0 radical (unpaired) electrons. The van der Waals surface area contributed by atoms with Crippen molar-refractivity contribution in [3.63, 3.8) is 0 Å². The minimum atomic E-state index is -0.360. The molecule has 0 atom stereocenters. The van der Waals surface area contributed by atoms with Gasteiger partial charge in [-0.05, 0) is 24.6 Å². The Balaban J connectivity index is 2.07. The van der Waals surface area contributed by atoms with E-state index in [1.54, 1.807) is 25.3 Å². The number of anilines is 1. The first kappa shape index (κ1) is 11.7. The number of nitrogens with zero attached hydrogens (tertiary/aromatic N) is 1. The third-order valence-corrected chi connectivity index (χ3v) is 2.40. The summed E-state index contributed by atoms with van der Waals surface area (Å²) in [5, 5.41) is 3.58. The number of hydrogen-bond acceptors (Lipinski definition) is 4. The van der Waals surface area contributed by atoms with Crippen molar-refractivity contribution in [1.29, 1.82) is 0 Å². The van der Waals surface area contributed by atoms with Crippen molar-refractivity contribution in [2.45, 2.75) is 13.5 Å². The molecule has 0 bridgehead atoms. The van der Waals surface area contributed by atoms with E-state index < -0.39 is 0 Å². The molecule has 0 aliphatic heterocycles. The summed E-state index contributed by atoms with van der Waals surface area (Å²) in [5.41, 5.74) is 1.36. The van der Waals surface area contributed by atoms with E-state index in [4.69, 9.17) is 16.0 Å². The highest BCUT2D eigenvalue weighted by molar-refractivity contribution is 6.29. The third kappa shape index (κ3) is 3.32. The van der Waals surface area contributed by atoms with Crippen LogP contribution in [-0.4, -0.2) is 4.98 Å². The van der Waals surface area contributed by atoms with Gasteiger partial charge in [-0.2, -0.15) is 0 Å². The van der Waals surface area contributed by atoms with Gasteiger partial charge in [-0.1, -0.05) is 17.7 Å². The molecular weight excluding hydrogens is 240 g/mol. The Kier molecular flexibility index (Phi) is 3.44. The van der Waals surface area contributed by atoms with Crippen LogP contribution in [0.4, 0.5) is 5.69 Å². The summed E-state index contributed by atoms with van der Waals surface area (Å²) in [7, 11) is 0. The molecule has 17 heavy (non-hydrogen) atoms. The van der Waals surface area contributed by atoms with E-state index in [1.807, 2.05) is 6.07 Å². The third-order valence-electron chi connectivity index (χ3n) is 2.18. The minimum absolute atomic E-state index is 0.360. The maximum absolute atomic E-state index is 11.1. The molecule has 0 spiro atoms. The van der Waals surface area contributed by atoms with Gasteiger partial charge in [0.25, 0.3) is 0 Å². The molecule has 2 heterocycles. The van der Waals surface area contributed by atoms with Crippen LogP contribution in [-0.2, 0) is 6.54 Å². The Bertz CT molecular complexity index is 563. The second kappa shape index (κ2) is 5.01. The number of hydrogen-bond donors (Lipinski definition) is 1. The lowest BCUT2D eigenvalue weighted by atomic mass is 10.2. The van der Waals surface area contributed by atoms with Crippen LogP contribution in [0.25, 0.3) is 0 Å². The van der Waals surface area contributed by atoms with Crippen molar-refractivity contribution >= 4 is 17.3 Å². The first-order valence-corrected chi connectivity index (χ1v) is 5.47. The van der Waals surface area contributed by atoms with Crippen LogP contribution in [0.3, 0.4) is 0 Å². The molecule has 88 valence electrons. The molecule has 5 heteroatoms. The Morgan fingerprint density at radius 3 is 2.88 bits per heavy atom. The van der Waals surface area contributed by atoms with Gasteiger partial charge in [-0.3, -0.25) is 0 Å². The molecule has 0 saturated carbocycles. The van der Waals surface area contributed by atoms with E-state index in [-0.39, 0.29) is 5.63 Å². The number of nitrogens with one attached hydrogen (secondary N) is 1. The quantitative estimate of drug-likeness (QED) is 0.851. The predicted molar refractivity (Wildman–Crippen MR) is 66.3 cm³/mol. The average molecular weight is 251 g/mol. The summed E-state index contributed by atoms with van der Waals surface area (Å²) >= 11 is 5.69. The fourth-order valence-corrected chi connectivity index (χ4v) is 1.53. The molecule has 4 nitrogen and oxygen atoms in total. The number of halogens is 1. The number of rotatable bonds is 3. The van der Waals surface area contributed by atoms with E-state index >= 15 is 0 Å². The largest absolute Gasteiger partial charge is 0.428 e. The van der Waals surface area contributed by atoms with Gasteiger partial charge >= 0.3 is 5.63 Å². The first-order chi connectivity index (χ1) is 8.13. The van der Waals surface area contributed by atoms with E-state index in [1.165, 1.54) is 6.07 Å². The van der Waals surface area contributed by atoms with Gasteiger partial charge in [0, 0.05) is 24.5 Å². The van der Waals surface area contributed by atoms with Crippen LogP contribution in [0.1, 0.15) is 11.3 Å². The summed E-state index contributed by atoms with van der Waals surface area (Å²) in [6, 6.07) is 6.78. The summed E-state index contributed by atoms with van der Waals surface area (Å²) in [6.07, 6.45) is 1.69. The zero-order valence-corrected chi connectivity index (χ0v) is 9.99. The molecule has 0 unspecified atom stereocenters. The van der Waals surface area contributed by atoms with Crippen molar-refractivity contribution in [1.82, 2.24) is 4.98 Å². The molecule has 2 rings (SSSR count). The van der Waals surface area contributed by atoms with Crippen molar-refractivity contribution < 1.29 is 4.42 Å². The second-order valence-corrected chi connectivity index (χ2v) is 4.01. The molecule has 0 amide bonds. The normalized spacial score (nSPS) is 10.2. The topological polar surface area (TPSA) is 55.1 Å². The van der Waals surface area contributed by atoms with Crippen molar-refractivity contribution in [3.8, 4) is 0 Å². The lowest BCUT2D eigenvalue weighted by Crippen LogP contribution is -2.05. The minimum Gasteiger partial charge on any atom is -0.428 e. The van der Waals surface area contributed by atoms with Gasteiger partial charge in [0.15, 0.2) is 0 Å². The Morgan fingerprint density at radius 1 is 1.41 bits per heavy atom. The lowest BCUT2D eigenvalue weighted by Gasteiger charge is -2.06. The summed E-state index contributed by atoms with van der Waals surface area (Å²) in [5.74, 6) is 0.578. The highest BCUT2D eigenvalue weighted by atomic mass is 35.5. The number of aryl methyl sites for hydroxylation is 1. The monoisotopic (exact) mass is 250 g/mol. The zero-order chi connectivity index (χ0) is 12.3. The predicted octanol–water partition coefficient (Wildman–Crippen LogP) is 2.61. The maximum Gasteiger partial charge on any atom is 0.337 e. The highest BCUT2D eigenvalue weighted by Crippen LogP contribution is 2.10. The van der Waals surface area contributed by atoms with Gasteiger partial charge in [0.2, 0.25) is 0 Å². The highest BCUT2D eigenvalue weighted by Gasteiger charge is 1.98. The Morgan fingerprint density at radius 2 is 2.24 bits per heavy atom. The zero-order valence-electron chi connectivity index (χ0n) is 9.24. The molecule has 2 aromatic heterocycles. The smallest absolute Gasteiger partial charge is 0.337 e. The maximum atomic E-state index is 11.1. The first-order valence-electron chi connectivity index (χ1n) is 5.09. The van der Waals surface area contributed by atoms with Crippen LogP contribution in [0.2, 0.25) is 5.15 Å². The van der Waals surface area contributed by atoms with Gasteiger partial charge in [-0.15, -0.1) is 0 Å². The number of pyridine rings is 1. The van der Waals surface area contributed by atoms with Crippen LogP contribution in [0.15, 0.2) is 39.7 Å². The van der Waals surface area contributed by atoms with Crippen LogP contribution >= 0.6 is 11.6 Å². The molecule has 2 aromatic rings. The molecule has 0 saturated heterocycles. The van der Waals surface area contributed by atoms with Crippen LogP contribution in [0, 0.1) is 6.92 Å². The van der Waals surface area contributed by atoms with Crippen molar-refractivity contribution in [2.24, 2.45) is 0 Å². The van der Waals surface area contributed by atoms with Crippen LogP contribution < -0.4 is 10.9 Å². The molecule has 0 fully saturated rings. The standard InChI is InChI=1S/C12H11ClN2O2/c1-8-4-10(5-12(16)17-8)14-6-9-2-3-11(13)15-7-9/h2-5,7,14H,6H2,1H3. The fraction of sp³-hybridized carbons (Fsp3) is 0.167. The van der Waals surface area contributed by atoms with Crippen molar-refractivity contribution in [2.75, 3.05) is 5.32 Å². The molecule has 0 aliphatic carbocycles. The lowest BCUT2D eigenvalue weighted by molar-refractivity contribution is 0.481. The summed E-state index contributed by atoms with van der Waals surface area (Å²) in [6.45, 7) is 2.31. The van der Waals surface area contributed by atoms with Gasteiger partial charge in [0.1, 0.15) is 10.9 Å². The SMILES string of the molecule is Cc1cc(NCc2ccc(Cl)nc2)cc(=O)o1. The summed E-state index contributed by atoms with van der Waals surface area (Å²) in [4.78, 5) is 15.1. The van der Waals surface area contributed by atoms with Gasteiger partial charge in [-0.25, -0.2) is 9.78 Å². The molecule has 1 N–H and O–H groups in total. The average Bonchev–Trinajstić information content (AvgIpc) is 2.27. The molecular formula is C12H11ClN2O2.